The number of alkyl halides is 1. The van der Waals surface area contributed by atoms with Crippen LogP contribution in [-0.2, 0) is 0 Å². The molecule has 2 fully saturated rings. The van der Waals surface area contributed by atoms with E-state index in [1.807, 2.05) is 0 Å². The van der Waals surface area contributed by atoms with E-state index in [1.54, 1.807) is 0 Å². The average Bonchev–Trinajstić information content (AvgIpc) is 2.89. The van der Waals surface area contributed by atoms with Crippen LogP contribution in [0.3, 0.4) is 0 Å². The van der Waals surface area contributed by atoms with Gasteiger partial charge in [0, 0.05) is 19.6 Å². The van der Waals surface area contributed by atoms with Gasteiger partial charge in [0.25, 0.3) is 0 Å². The molecule has 2 aliphatic rings. The van der Waals surface area contributed by atoms with Crippen molar-refractivity contribution in [3.8, 4) is 0 Å². The first kappa shape index (κ1) is 11.4. The number of halogens is 1. The lowest BCUT2D eigenvalue weighted by Gasteiger charge is -2.39. The van der Waals surface area contributed by atoms with Gasteiger partial charge in [0.2, 0.25) is 0 Å². The molecule has 1 nitrogen and oxygen atoms in total. The van der Waals surface area contributed by atoms with E-state index in [9.17, 15) is 4.39 Å². The van der Waals surface area contributed by atoms with Gasteiger partial charge < -0.3 is 4.90 Å². The number of hydrogen-bond acceptors (Lipinski definition) is 1. The standard InChI is InChI=1S/C13H24FN/c1-12(2,3)10-15-8-6-13(14,7-9-15)11-4-5-11/h11H,4-10H2,1-3H3. The zero-order chi connectivity index (χ0) is 11.1. The fraction of sp³-hybridized carbons (Fsp3) is 1.00. The molecule has 2 rings (SSSR count). The largest absolute Gasteiger partial charge is 0.303 e. The molecule has 0 aromatic rings. The molecule has 0 amide bonds. The van der Waals surface area contributed by atoms with Gasteiger partial charge in [0.15, 0.2) is 0 Å². The van der Waals surface area contributed by atoms with E-state index in [0.29, 0.717) is 11.3 Å². The molecule has 15 heavy (non-hydrogen) atoms. The predicted molar refractivity (Wildman–Crippen MR) is 61.7 cm³/mol. The van der Waals surface area contributed by atoms with Crippen LogP contribution in [-0.4, -0.2) is 30.2 Å². The lowest BCUT2D eigenvalue weighted by atomic mass is 9.87. The SMILES string of the molecule is CC(C)(C)CN1CCC(F)(C2CC2)CC1. The summed E-state index contributed by atoms with van der Waals surface area (Å²) in [6, 6.07) is 0. The summed E-state index contributed by atoms with van der Waals surface area (Å²) >= 11 is 0. The molecule has 0 aromatic heterocycles. The summed E-state index contributed by atoms with van der Waals surface area (Å²) in [5.74, 6) is 0.411. The Morgan fingerprint density at radius 2 is 1.73 bits per heavy atom. The van der Waals surface area contributed by atoms with E-state index in [4.69, 9.17) is 0 Å². The highest BCUT2D eigenvalue weighted by atomic mass is 19.1. The highest BCUT2D eigenvalue weighted by Gasteiger charge is 2.47. The van der Waals surface area contributed by atoms with Crippen molar-refractivity contribution < 1.29 is 4.39 Å². The van der Waals surface area contributed by atoms with Crippen molar-refractivity contribution in [1.29, 1.82) is 0 Å². The van der Waals surface area contributed by atoms with Gasteiger partial charge in [-0.3, -0.25) is 0 Å². The van der Waals surface area contributed by atoms with Crippen molar-refractivity contribution >= 4 is 0 Å². The Hall–Kier alpha value is -0.110. The van der Waals surface area contributed by atoms with E-state index in [2.05, 4.69) is 25.7 Å². The van der Waals surface area contributed by atoms with Gasteiger partial charge in [-0.15, -0.1) is 0 Å². The third-order valence-corrected chi connectivity index (χ3v) is 3.69. The van der Waals surface area contributed by atoms with Crippen LogP contribution in [0.1, 0.15) is 46.5 Å². The van der Waals surface area contributed by atoms with Crippen LogP contribution in [0.15, 0.2) is 0 Å². The Balaban J connectivity index is 1.81. The molecule has 0 unspecified atom stereocenters. The second kappa shape index (κ2) is 3.73. The smallest absolute Gasteiger partial charge is 0.116 e. The number of piperidine rings is 1. The van der Waals surface area contributed by atoms with Gasteiger partial charge in [-0.05, 0) is 37.0 Å². The van der Waals surface area contributed by atoms with Crippen molar-refractivity contribution in [3.05, 3.63) is 0 Å². The van der Waals surface area contributed by atoms with E-state index in [0.717, 1.165) is 45.3 Å². The maximum Gasteiger partial charge on any atom is 0.116 e. The lowest BCUT2D eigenvalue weighted by molar-refractivity contribution is 0.0277. The quantitative estimate of drug-likeness (QED) is 0.680. The summed E-state index contributed by atoms with van der Waals surface area (Å²) < 4.78 is 14.3. The second-order valence-electron chi connectivity index (χ2n) is 6.65. The van der Waals surface area contributed by atoms with E-state index in [-0.39, 0.29) is 0 Å². The minimum Gasteiger partial charge on any atom is -0.303 e. The summed E-state index contributed by atoms with van der Waals surface area (Å²) in [5.41, 5.74) is -0.454. The van der Waals surface area contributed by atoms with Crippen molar-refractivity contribution in [2.24, 2.45) is 11.3 Å². The van der Waals surface area contributed by atoms with Gasteiger partial charge in [-0.1, -0.05) is 20.8 Å². The Bertz CT molecular complexity index is 219. The second-order valence-corrected chi connectivity index (χ2v) is 6.65. The van der Waals surface area contributed by atoms with E-state index >= 15 is 0 Å². The maximum absolute atomic E-state index is 14.3. The fourth-order valence-corrected chi connectivity index (χ4v) is 2.76. The molecule has 0 spiro atoms. The van der Waals surface area contributed by atoms with Crippen LogP contribution in [0.2, 0.25) is 0 Å². The third-order valence-electron chi connectivity index (χ3n) is 3.69. The van der Waals surface area contributed by atoms with Gasteiger partial charge in [-0.2, -0.15) is 0 Å². The third kappa shape index (κ3) is 2.93. The van der Waals surface area contributed by atoms with Crippen molar-refractivity contribution in [3.63, 3.8) is 0 Å². The number of rotatable bonds is 2. The Kier molecular flexibility index (Phi) is 2.83. The number of likely N-dealkylation sites (tertiary alicyclic amines) is 1. The molecule has 1 saturated heterocycles. The van der Waals surface area contributed by atoms with Gasteiger partial charge in [0.05, 0.1) is 0 Å². The molecular weight excluding hydrogens is 189 g/mol. The monoisotopic (exact) mass is 213 g/mol. The lowest BCUT2D eigenvalue weighted by Crippen LogP contribution is -2.45. The molecule has 1 heterocycles. The van der Waals surface area contributed by atoms with Crippen molar-refractivity contribution in [2.75, 3.05) is 19.6 Å². The molecule has 0 radical (unpaired) electrons. The summed E-state index contributed by atoms with van der Waals surface area (Å²) in [6.07, 6.45) is 3.81. The molecule has 1 saturated carbocycles. The van der Waals surface area contributed by atoms with Crippen LogP contribution >= 0.6 is 0 Å². The van der Waals surface area contributed by atoms with Gasteiger partial charge in [0.1, 0.15) is 5.67 Å². The molecule has 2 heteroatoms. The fourth-order valence-electron chi connectivity index (χ4n) is 2.76. The molecule has 0 atom stereocenters. The average molecular weight is 213 g/mol. The Morgan fingerprint density at radius 3 is 2.13 bits per heavy atom. The highest BCUT2D eigenvalue weighted by molar-refractivity contribution is 4.98. The first-order valence-corrected chi connectivity index (χ1v) is 6.30. The zero-order valence-corrected chi connectivity index (χ0v) is 10.4. The Labute approximate surface area is 93.0 Å². The maximum atomic E-state index is 14.3. The first-order chi connectivity index (χ1) is 6.89. The predicted octanol–water partition coefficient (Wildman–Crippen LogP) is 3.25. The zero-order valence-electron chi connectivity index (χ0n) is 10.4. The first-order valence-electron chi connectivity index (χ1n) is 6.30. The van der Waals surface area contributed by atoms with E-state index < -0.39 is 5.67 Å². The molecule has 1 aliphatic heterocycles. The van der Waals surface area contributed by atoms with Crippen LogP contribution < -0.4 is 0 Å². The minimum absolute atomic E-state index is 0.343. The van der Waals surface area contributed by atoms with Crippen LogP contribution in [0.4, 0.5) is 4.39 Å². The summed E-state index contributed by atoms with van der Waals surface area (Å²) in [4.78, 5) is 2.43. The van der Waals surface area contributed by atoms with Gasteiger partial charge in [-0.25, -0.2) is 4.39 Å². The van der Waals surface area contributed by atoms with Gasteiger partial charge >= 0.3 is 0 Å². The van der Waals surface area contributed by atoms with Crippen LogP contribution in [0.5, 0.6) is 0 Å². The minimum atomic E-state index is -0.797. The molecule has 1 aliphatic carbocycles. The molecule has 0 aromatic carbocycles. The number of nitrogens with zero attached hydrogens (tertiary/aromatic N) is 1. The van der Waals surface area contributed by atoms with Crippen LogP contribution in [0.25, 0.3) is 0 Å². The van der Waals surface area contributed by atoms with Crippen molar-refractivity contribution in [1.82, 2.24) is 4.90 Å². The van der Waals surface area contributed by atoms with Crippen LogP contribution in [0, 0.1) is 11.3 Å². The normalized spacial score (nSPS) is 28.0. The van der Waals surface area contributed by atoms with E-state index in [1.165, 1.54) is 0 Å². The Morgan fingerprint density at radius 1 is 1.20 bits per heavy atom. The summed E-state index contributed by atoms with van der Waals surface area (Å²) in [6.45, 7) is 9.80. The number of hydrogen-bond donors (Lipinski definition) is 0. The molecule has 0 bridgehead atoms. The molecule has 0 N–H and O–H groups in total. The highest BCUT2D eigenvalue weighted by Crippen LogP contribution is 2.47. The summed E-state index contributed by atoms with van der Waals surface area (Å²) in [5, 5.41) is 0. The molecule has 88 valence electrons. The molecular formula is C13H24FN. The summed E-state index contributed by atoms with van der Waals surface area (Å²) in [7, 11) is 0. The van der Waals surface area contributed by atoms with Crippen molar-refractivity contribution in [2.45, 2.75) is 52.1 Å². The topological polar surface area (TPSA) is 3.24 Å².